The van der Waals surface area contributed by atoms with E-state index in [1.807, 2.05) is 0 Å². The number of hydrogen-bond donors (Lipinski definition) is 2. The van der Waals surface area contributed by atoms with E-state index >= 15 is 0 Å². The molecule has 1 saturated carbocycles. The second kappa shape index (κ2) is 4.41. The summed E-state index contributed by atoms with van der Waals surface area (Å²) < 4.78 is 14.1. The average Bonchev–Trinajstić information content (AvgIpc) is 2.99. The first-order valence-electron chi connectivity index (χ1n) is 4.99. The summed E-state index contributed by atoms with van der Waals surface area (Å²) in [6.45, 7) is 0.504. The van der Waals surface area contributed by atoms with E-state index in [2.05, 4.69) is 21.2 Å². The Bertz CT molecular complexity index is 424. The monoisotopic (exact) mass is 287 g/mol. The zero-order valence-corrected chi connectivity index (χ0v) is 10.00. The summed E-state index contributed by atoms with van der Waals surface area (Å²) >= 11 is 3.25. The minimum atomic E-state index is -0.762. The van der Waals surface area contributed by atoms with Crippen LogP contribution in [0.15, 0.2) is 22.7 Å². The predicted molar refractivity (Wildman–Crippen MR) is 61.8 cm³/mol. The van der Waals surface area contributed by atoms with Crippen LogP contribution in [-0.2, 0) is 4.79 Å². The van der Waals surface area contributed by atoms with E-state index in [1.165, 1.54) is 6.07 Å². The number of hydrogen-bond acceptors (Lipinski definition) is 2. The number of carbonyl (C=O) groups is 1. The van der Waals surface area contributed by atoms with Gasteiger partial charge in [-0.3, -0.25) is 4.79 Å². The molecule has 1 aromatic carbocycles. The first-order chi connectivity index (χ1) is 7.58. The van der Waals surface area contributed by atoms with Crippen LogP contribution in [0.25, 0.3) is 0 Å². The van der Waals surface area contributed by atoms with Gasteiger partial charge in [0.1, 0.15) is 5.82 Å². The number of anilines is 1. The molecular formula is C11H11BrFNO2. The SMILES string of the molecule is O=C(O)C1CC1CNc1cc(Br)ccc1F. The Morgan fingerprint density at radius 2 is 2.38 bits per heavy atom. The van der Waals surface area contributed by atoms with Gasteiger partial charge < -0.3 is 10.4 Å². The third-order valence-corrected chi connectivity index (χ3v) is 3.22. The summed E-state index contributed by atoms with van der Waals surface area (Å²) in [5, 5.41) is 11.6. The van der Waals surface area contributed by atoms with Crippen molar-refractivity contribution in [3.63, 3.8) is 0 Å². The number of rotatable bonds is 4. The zero-order chi connectivity index (χ0) is 11.7. The molecule has 0 bridgehead atoms. The first kappa shape index (κ1) is 11.4. The highest BCUT2D eigenvalue weighted by Crippen LogP contribution is 2.38. The van der Waals surface area contributed by atoms with Crippen LogP contribution in [0.2, 0.25) is 0 Å². The van der Waals surface area contributed by atoms with E-state index in [0.29, 0.717) is 18.7 Å². The lowest BCUT2D eigenvalue weighted by Crippen LogP contribution is -2.09. The lowest BCUT2D eigenvalue weighted by Gasteiger charge is -2.07. The van der Waals surface area contributed by atoms with Gasteiger partial charge in [0.15, 0.2) is 0 Å². The highest BCUT2D eigenvalue weighted by molar-refractivity contribution is 9.10. The molecule has 2 N–H and O–H groups in total. The summed E-state index contributed by atoms with van der Waals surface area (Å²) in [5.41, 5.74) is 0.408. The Morgan fingerprint density at radius 1 is 1.62 bits per heavy atom. The van der Waals surface area contributed by atoms with Crippen LogP contribution < -0.4 is 5.32 Å². The molecule has 16 heavy (non-hydrogen) atoms. The fraction of sp³-hybridized carbons (Fsp3) is 0.364. The van der Waals surface area contributed by atoms with Gasteiger partial charge in [-0.05, 0) is 30.5 Å². The molecule has 86 valence electrons. The van der Waals surface area contributed by atoms with E-state index in [9.17, 15) is 9.18 Å². The van der Waals surface area contributed by atoms with E-state index in [4.69, 9.17) is 5.11 Å². The van der Waals surface area contributed by atoms with E-state index in [-0.39, 0.29) is 17.7 Å². The molecule has 0 aromatic heterocycles. The second-order valence-electron chi connectivity index (χ2n) is 3.95. The van der Waals surface area contributed by atoms with Crippen LogP contribution >= 0.6 is 15.9 Å². The quantitative estimate of drug-likeness (QED) is 0.895. The summed E-state index contributed by atoms with van der Waals surface area (Å²) in [5.74, 6) is -1.23. The van der Waals surface area contributed by atoms with Crippen molar-refractivity contribution in [2.75, 3.05) is 11.9 Å². The normalized spacial score (nSPS) is 22.9. The summed E-state index contributed by atoms with van der Waals surface area (Å²) in [6, 6.07) is 4.64. The van der Waals surface area contributed by atoms with Crippen LogP contribution in [0.1, 0.15) is 6.42 Å². The van der Waals surface area contributed by atoms with Gasteiger partial charge in [0.25, 0.3) is 0 Å². The number of aliphatic carboxylic acids is 1. The molecule has 1 fully saturated rings. The average molecular weight is 288 g/mol. The molecule has 0 spiro atoms. The largest absolute Gasteiger partial charge is 0.481 e. The molecule has 2 atom stereocenters. The molecule has 0 heterocycles. The highest BCUT2D eigenvalue weighted by Gasteiger charge is 2.42. The molecule has 5 heteroatoms. The fourth-order valence-electron chi connectivity index (χ4n) is 1.65. The number of benzene rings is 1. The smallest absolute Gasteiger partial charge is 0.306 e. The topological polar surface area (TPSA) is 49.3 Å². The van der Waals surface area contributed by atoms with Gasteiger partial charge in [0.2, 0.25) is 0 Å². The Balaban J connectivity index is 1.91. The number of carboxylic acid groups (broad SMARTS) is 1. The molecule has 1 aliphatic carbocycles. The minimum Gasteiger partial charge on any atom is -0.481 e. The van der Waals surface area contributed by atoms with Crippen molar-refractivity contribution in [3.05, 3.63) is 28.5 Å². The standard InChI is InChI=1S/C11H11BrFNO2/c12-7-1-2-9(13)10(4-7)14-5-6-3-8(6)11(15)16/h1-2,4,6,8,14H,3,5H2,(H,15,16). The van der Waals surface area contributed by atoms with Crippen LogP contribution in [0.4, 0.5) is 10.1 Å². The fourth-order valence-corrected chi connectivity index (χ4v) is 2.01. The van der Waals surface area contributed by atoms with E-state index in [1.54, 1.807) is 12.1 Å². The maximum atomic E-state index is 13.3. The molecule has 1 aromatic rings. The minimum absolute atomic E-state index is 0.121. The molecule has 0 aliphatic heterocycles. The predicted octanol–water partition coefficient (Wildman–Crippen LogP) is 2.72. The van der Waals surface area contributed by atoms with Gasteiger partial charge in [-0.2, -0.15) is 0 Å². The Hall–Kier alpha value is -1.10. The van der Waals surface area contributed by atoms with Crippen LogP contribution in [0.5, 0.6) is 0 Å². The van der Waals surface area contributed by atoms with Gasteiger partial charge >= 0.3 is 5.97 Å². The molecule has 0 radical (unpaired) electrons. The Morgan fingerprint density at radius 3 is 3.00 bits per heavy atom. The maximum absolute atomic E-state index is 13.3. The van der Waals surface area contributed by atoms with Crippen LogP contribution in [0, 0.1) is 17.7 Å². The molecule has 1 aliphatic rings. The number of nitrogens with one attached hydrogen (secondary N) is 1. The van der Waals surface area contributed by atoms with Crippen molar-refractivity contribution >= 4 is 27.6 Å². The van der Waals surface area contributed by atoms with E-state index in [0.717, 1.165) is 4.47 Å². The Labute approximate surface area is 101 Å². The molecule has 2 rings (SSSR count). The van der Waals surface area contributed by atoms with Gasteiger partial charge in [0, 0.05) is 11.0 Å². The van der Waals surface area contributed by atoms with Gasteiger partial charge in [0.05, 0.1) is 11.6 Å². The number of carboxylic acids is 1. The van der Waals surface area contributed by atoms with Crippen LogP contribution in [0.3, 0.4) is 0 Å². The molecular weight excluding hydrogens is 277 g/mol. The summed E-state index contributed by atoms with van der Waals surface area (Å²) in [4.78, 5) is 10.6. The lowest BCUT2D eigenvalue weighted by molar-refractivity contribution is -0.138. The second-order valence-corrected chi connectivity index (χ2v) is 4.86. The zero-order valence-electron chi connectivity index (χ0n) is 8.41. The molecule has 0 amide bonds. The van der Waals surface area contributed by atoms with Crippen molar-refractivity contribution in [1.82, 2.24) is 0 Å². The lowest BCUT2D eigenvalue weighted by atomic mass is 10.2. The van der Waals surface area contributed by atoms with E-state index < -0.39 is 5.97 Å². The third-order valence-electron chi connectivity index (χ3n) is 2.72. The van der Waals surface area contributed by atoms with Gasteiger partial charge in [-0.1, -0.05) is 15.9 Å². The third kappa shape index (κ3) is 2.52. The summed E-state index contributed by atoms with van der Waals surface area (Å²) in [7, 11) is 0. The molecule has 0 saturated heterocycles. The summed E-state index contributed by atoms with van der Waals surface area (Å²) in [6.07, 6.45) is 0.679. The van der Waals surface area contributed by atoms with Crippen molar-refractivity contribution in [2.45, 2.75) is 6.42 Å². The Kier molecular flexibility index (Phi) is 3.14. The van der Waals surface area contributed by atoms with Crippen molar-refractivity contribution in [1.29, 1.82) is 0 Å². The maximum Gasteiger partial charge on any atom is 0.306 e. The van der Waals surface area contributed by atoms with Gasteiger partial charge in [-0.15, -0.1) is 0 Å². The van der Waals surface area contributed by atoms with Crippen molar-refractivity contribution < 1.29 is 14.3 Å². The highest BCUT2D eigenvalue weighted by atomic mass is 79.9. The van der Waals surface area contributed by atoms with Crippen LogP contribution in [-0.4, -0.2) is 17.6 Å². The molecule has 2 unspecified atom stereocenters. The first-order valence-corrected chi connectivity index (χ1v) is 5.79. The van der Waals surface area contributed by atoms with Crippen molar-refractivity contribution in [2.24, 2.45) is 11.8 Å². The van der Waals surface area contributed by atoms with Crippen molar-refractivity contribution in [3.8, 4) is 0 Å². The molecule has 3 nitrogen and oxygen atoms in total. The van der Waals surface area contributed by atoms with Gasteiger partial charge in [-0.25, -0.2) is 4.39 Å². The number of halogens is 2.